The van der Waals surface area contributed by atoms with Crippen molar-refractivity contribution in [3.63, 3.8) is 0 Å². The average Bonchev–Trinajstić information content (AvgIpc) is 3.22. The van der Waals surface area contributed by atoms with E-state index in [4.69, 9.17) is 10.5 Å². The second-order valence-corrected chi connectivity index (χ2v) is 6.58. The minimum absolute atomic E-state index is 0.0928. The van der Waals surface area contributed by atoms with Crippen LogP contribution in [0, 0.1) is 0 Å². The van der Waals surface area contributed by atoms with Crippen LogP contribution in [0.1, 0.15) is 12.8 Å². The van der Waals surface area contributed by atoms with Gasteiger partial charge in [0, 0.05) is 18.3 Å². The number of rotatable bonds is 9. The predicted octanol–water partition coefficient (Wildman–Crippen LogP) is 0.0411. The summed E-state index contributed by atoms with van der Waals surface area (Å²) in [4.78, 5) is 10.7. The molecule has 4 N–H and O–H groups in total. The molecule has 2 rings (SSSR count). The minimum Gasteiger partial charge on any atom is -0.383 e. The number of sulfonamides is 1. The number of amides is 1. The van der Waals surface area contributed by atoms with E-state index in [1.807, 2.05) is 0 Å². The number of hydrogen-bond donors (Lipinski definition) is 3. The van der Waals surface area contributed by atoms with Crippen LogP contribution in [0.4, 0.5) is 5.69 Å². The van der Waals surface area contributed by atoms with E-state index in [0.29, 0.717) is 13.2 Å². The van der Waals surface area contributed by atoms with Crippen molar-refractivity contribution in [2.45, 2.75) is 23.8 Å². The van der Waals surface area contributed by atoms with Gasteiger partial charge < -0.3 is 15.8 Å². The molecule has 21 heavy (non-hydrogen) atoms. The summed E-state index contributed by atoms with van der Waals surface area (Å²) in [5.74, 6) is -0.507. The predicted molar refractivity (Wildman–Crippen MR) is 78.3 cm³/mol. The molecule has 7 nitrogen and oxygen atoms in total. The van der Waals surface area contributed by atoms with Gasteiger partial charge in [-0.25, -0.2) is 13.1 Å². The lowest BCUT2D eigenvalue weighted by Crippen LogP contribution is -2.25. The van der Waals surface area contributed by atoms with Crippen LogP contribution in [0.3, 0.4) is 0 Å². The van der Waals surface area contributed by atoms with Gasteiger partial charge >= 0.3 is 0 Å². The molecular weight excluding hydrogens is 294 g/mol. The summed E-state index contributed by atoms with van der Waals surface area (Å²) in [5, 5.41) is 3.06. The first kappa shape index (κ1) is 15.7. The zero-order valence-electron chi connectivity index (χ0n) is 11.5. The molecule has 0 spiro atoms. The third-order valence-corrected chi connectivity index (χ3v) is 4.42. The van der Waals surface area contributed by atoms with E-state index in [1.165, 1.54) is 0 Å². The molecule has 0 aromatic heterocycles. The Balaban J connectivity index is 1.80. The molecule has 1 amide bonds. The van der Waals surface area contributed by atoms with Gasteiger partial charge in [0.05, 0.1) is 11.5 Å². The largest absolute Gasteiger partial charge is 0.383 e. The average molecular weight is 313 g/mol. The highest BCUT2D eigenvalue weighted by Crippen LogP contribution is 2.22. The Hall–Kier alpha value is -1.64. The van der Waals surface area contributed by atoms with Gasteiger partial charge in [-0.2, -0.15) is 0 Å². The summed E-state index contributed by atoms with van der Waals surface area (Å²) in [6, 6.07) is 6.58. The van der Waals surface area contributed by atoms with E-state index in [9.17, 15) is 13.2 Å². The van der Waals surface area contributed by atoms with Crippen LogP contribution < -0.4 is 15.8 Å². The summed E-state index contributed by atoms with van der Waals surface area (Å²) < 4.78 is 31.6. The van der Waals surface area contributed by atoms with Crippen LogP contribution in [0.5, 0.6) is 0 Å². The molecule has 0 atom stereocenters. The van der Waals surface area contributed by atoms with Crippen LogP contribution in [0.25, 0.3) is 0 Å². The number of nitrogens with two attached hydrogens (primary N) is 1. The van der Waals surface area contributed by atoms with Crippen molar-refractivity contribution in [1.82, 2.24) is 4.72 Å². The smallest absolute Gasteiger partial charge is 0.243 e. The summed E-state index contributed by atoms with van der Waals surface area (Å²) in [6.07, 6.45) is 1.81. The summed E-state index contributed by atoms with van der Waals surface area (Å²) in [5.41, 5.74) is 5.72. The minimum atomic E-state index is -3.41. The number of carbonyl (C=O) groups excluding carboxylic acids is 1. The number of benzene rings is 1. The molecule has 1 aliphatic rings. The highest BCUT2D eigenvalue weighted by Gasteiger charge is 2.27. The van der Waals surface area contributed by atoms with E-state index < -0.39 is 15.9 Å². The van der Waals surface area contributed by atoms with Gasteiger partial charge in [-0.05, 0) is 37.1 Å². The molecular formula is C13H19N3O4S. The fourth-order valence-corrected chi connectivity index (χ4v) is 2.99. The Kier molecular flexibility index (Phi) is 5.16. The van der Waals surface area contributed by atoms with Crippen LogP contribution in [0.2, 0.25) is 0 Å². The van der Waals surface area contributed by atoms with Crippen molar-refractivity contribution in [3.8, 4) is 0 Å². The van der Waals surface area contributed by atoms with Crippen molar-refractivity contribution in [1.29, 1.82) is 0 Å². The third kappa shape index (κ3) is 5.33. The number of carbonyl (C=O) groups is 1. The van der Waals surface area contributed by atoms with Crippen LogP contribution in [0.15, 0.2) is 29.2 Å². The van der Waals surface area contributed by atoms with E-state index in [2.05, 4.69) is 10.0 Å². The molecule has 1 aliphatic carbocycles. The van der Waals surface area contributed by atoms with E-state index in [0.717, 1.165) is 18.5 Å². The molecule has 0 heterocycles. The lowest BCUT2D eigenvalue weighted by molar-refractivity contribution is -0.122. The molecule has 0 bridgehead atoms. The van der Waals surface area contributed by atoms with Crippen molar-refractivity contribution >= 4 is 21.6 Å². The Morgan fingerprint density at radius 2 is 1.95 bits per heavy atom. The second kappa shape index (κ2) is 6.88. The van der Waals surface area contributed by atoms with Crippen LogP contribution >= 0.6 is 0 Å². The van der Waals surface area contributed by atoms with Gasteiger partial charge in [0.1, 0.15) is 6.61 Å². The molecule has 8 heteroatoms. The van der Waals surface area contributed by atoms with Crippen LogP contribution in [-0.4, -0.2) is 40.1 Å². The summed E-state index contributed by atoms with van der Waals surface area (Å²) in [6.45, 7) is 0.734. The number of ether oxygens (including phenoxy) is 1. The molecule has 0 saturated heterocycles. The molecule has 1 aromatic rings. The van der Waals surface area contributed by atoms with E-state index >= 15 is 0 Å². The van der Waals surface area contributed by atoms with E-state index in [-0.39, 0.29) is 17.5 Å². The molecule has 116 valence electrons. The first-order chi connectivity index (χ1) is 9.97. The Bertz CT molecular complexity index is 582. The second-order valence-electron chi connectivity index (χ2n) is 4.87. The first-order valence-corrected chi connectivity index (χ1v) is 8.18. The molecule has 1 fully saturated rings. The van der Waals surface area contributed by atoms with Crippen molar-refractivity contribution in [2.24, 2.45) is 5.73 Å². The maximum atomic E-state index is 12.0. The maximum absolute atomic E-state index is 12.0. The monoisotopic (exact) mass is 313 g/mol. The summed E-state index contributed by atoms with van der Waals surface area (Å²) >= 11 is 0. The number of hydrogen-bond acceptors (Lipinski definition) is 5. The quantitative estimate of drug-likeness (QED) is 0.558. The normalized spacial score (nSPS) is 14.9. The SMILES string of the molecule is NC(=O)COCCNc1ccc(S(=O)(=O)NC2CC2)cc1. The summed E-state index contributed by atoms with van der Waals surface area (Å²) in [7, 11) is -3.41. The zero-order chi connectivity index (χ0) is 15.3. The lowest BCUT2D eigenvalue weighted by Gasteiger charge is -2.09. The highest BCUT2D eigenvalue weighted by atomic mass is 32.2. The van der Waals surface area contributed by atoms with Gasteiger partial charge in [-0.3, -0.25) is 4.79 Å². The van der Waals surface area contributed by atoms with Crippen molar-refractivity contribution in [3.05, 3.63) is 24.3 Å². The molecule has 0 unspecified atom stereocenters. The first-order valence-electron chi connectivity index (χ1n) is 6.70. The topological polar surface area (TPSA) is 111 Å². The van der Waals surface area contributed by atoms with Gasteiger partial charge in [0.15, 0.2) is 0 Å². The molecule has 1 aromatic carbocycles. The highest BCUT2D eigenvalue weighted by molar-refractivity contribution is 7.89. The third-order valence-electron chi connectivity index (χ3n) is 2.88. The molecule has 0 radical (unpaired) electrons. The van der Waals surface area contributed by atoms with Gasteiger partial charge in [0.25, 0.3) is 0 Å². The number of anilines is 1. The lowest BCUT2D eigenvalue weighted by atomic mass is 10.3. The molecule has 0 aliphatic heterocycles. The van der Waals surface area contributed by atoms with Crippen LogP contribution in [-0.2, 0) is 19.6 Å². The number of primary amides is 1. The maximum Gasteiger partial charge on any atom is 0.243 e. The zero-order valence-corrected chi connectivity index (χ0v) is 12.4. The Labute approximate surface area is 123 Å². The fourth-order valence-electron chi connectivity index (χ4n) is 1.68. The van der Waals surface area contributed by atoms with Gasteiger partial charge in [0.2, 0.25) is 15.9 Å². The van der Waals surface area contributed by atoms with E-state index in [1.54, 1.807) is 24.3 Å². The number of nitrogens with one attached hydrogen (secondary N) is 2. The Morgan fingerprint density at radius 3 is 2.52 bits per heavy atom. The fraction of sp³-hybridized carbons (Fsp3) is 0.462. The van der Waals surface area contributed by atoms with Crippen molar-refractivity contribution < 1.29 is 17.9 Å². The molecule has 1 saturated carbocycles. The van der Waals surface area contributed by atoms with Gasteiger partial charge in [-0.1, -0.05) is 0 Å². The van der Waals surface area contributed by atoms with Crippen molar-refractivity contribution in [2.75, 3.05) is 25.1 Å². The van der Waals surface area contributed by atoms with Gasteiger partial charge in [-0.15, -0.1) is 0 Å². The Morgan fingerprint density at radius 1 is 1.29 bits per heavy atom. The standard InChI is InChI=1S/C13H19N3O4S/c14-13(17)9-20-8-7-15-10-3-5-12(6-4-10)21(18,19)16-11-1-2-11/h3-6,11,15-16H,1-2,7-9H2,(H2,14,17).